The number of aliphatic hydroxyl groups is 1. The molecule has 19 heavy (non-hydrogen) atoms. The van der Waals surface area contributed by atoms with Crippen molar-refractivity contribution < 1.29 is 23.0 Å². The molecule has 1 atom stereocenters. The van der Waals surface area contributed by atoms with Crippen LogP contribution >= 0.6 is 0 Å². The van der Waals surface area contributed by atoms with Crippen LogP contribution in [-0.2, 0) is 10.9 Å². The summed E-state index contributed by atoms with van der Waals surface area (Å²) in [7, 11) is 0. The third-order valence-electron chi connectivity index (χ3n) is 2.89. The molecule has 0 aliphatic carbocycles. The number of nitrogen functional groups attached to an aromatic ring is 1. The van der Waals surface area contributed by atoms with Gasteiger partial charge in [-0.25, -0.2) is 4.98 Å². The summed E-state index contributed by atoms with van der Waals surface area (Å²) >= 11 is 0. The van der Waals surface area contributed by atoms with Gasteiger partial charge in [0.25, 0.3) is 0 Å². The number of alkyl halides is 3. The Hall–Kier alpha value is -1.54. The highest BCUT2D eigenvalue weighted by atomic mass is 19.4. The summed E-state index contributed by atoms with van der Waals surface area (Å²) in [4.78, 5) is 5.48. The summed E-state index contributed by atoms with van der Waals surface area (Å²) in [6, 6.07) is 1.31. The predicted octanol–water partition coefficient (Wildman–Crippen LogP) is 0.880. The first-order valence-corrected chi connectivity index (χ1v) is 5.72. The van der Waals surface area contributed by atoms with E-state index in [9.17, 15) is 18.3 Å². The monoisotopic (exact) mass is 277 g/mol. The molecule has 0 saturated carbocycles. The van der Waals surface area contributed by atoms with E-state index in [0.717, 1.165) is 12.1 Å². The van der Waals surface area contributed by atoms with E-state index in [4.69, 9.17) is 10.5 Å². The summed E-state index contributed by atoms with van der Waals surface area (Å²) in [5.74, 6) is -0.0947. The molecule has 0 spiro atoms. The number of nitrogens with zero attached hydrogens (tertiary/aromatic N) is 2. The predicted molar refractivity (Wildman–Crippen MR) is 62.7 cm³/mol. The van der Waals surface area contributed by atoms with Gasteiger partial charge in [0.05, 0.1) is 31.4 Å². The van der Waals surface area contributed by atoms with Crippen LogP contribution in [0.25, 0.3) is 0 Å². The van der Waals surface area contributed by atoms with Crippen molar-refractivity contribution >= 4 is 11.6 Å². The number of aromatic nitrogens is 1. The number of pyridine rings is 1. The molecular weight excluding hydrogens is 263 g/mol. The Kier molecular flexibility index (Phi) is 3.81. The zero-order valence-electron chi connectivity index (χ0n) is 10.0. The molecule has 8 heteroatoms. The van der Waals surface area contributed by atoms with Crippen molar-refractivity contribution in [2.45, 2.75) is 12.2 Å². The van der Waals surface area contributed by atoms with Crippen molar-refractivity contribution in [1.82, 2.24) is 4.98 Å². The van der Waals surface area contributed by atoms with Crippen LogP contribution in [0.15, 0.2) is 12.1 Å². The first kappa shape index (κ1) is 13.9. The average molecular weight is 277 g/mol. The molecule has 2 heterocycles. The molecule has 1 aromatic rings. The molecule has 2 rings (SSSR count). The van der Waals surface area contributed by atoms with Crippen molar-refractivity contribution in [2.24, 2.45) is 0 Å². The number of halogens is 3. The van der Waals surface area contributed by atoms with Crippen LogP contribution in [0.1, 0.15) is 5.56 Å². The average Bonchev–Trinajstić information content (AvgIpc) is 2.37. The van der Waals surface area contributed by atoms with Gasteiger partial charge in [0.2, 0.25) is 0 Å². The second-order valence-electron chi connectivity index (χ2n) is 4.24. The van der Waals surface area contributed by atoms with Crippen molar-refractivity contribution in [3.63, 3.8) is 0 Å². The summed E-state index contributed by atoms with van der Waals surface area (Å²) in [6.45, 7) is 0.749. The third-order valence-corrected chi connectivity index (χ3v) is 2.89. The van der Waals surface area contributed by atoms with Crippen LogP contribution in [0.2, 0.25) is 0 Å². The van der Waals surface area contributed by atoms with Crippen LogP contribution in [0, 0.1) is 0 Å². The molecule has 1 aromatic heterocycles. The Balaban J connectivity index is 2.35. The lowest BCUT2D eigenvalue weighted by Crippen LogP contribution is -2.48. The van der Waals surface area contributed by atoms with Crippen molar-refractivity contribution in [1.29, 1.82) is 0 Å². The molecule has 1 saturated heterocycles. The molecule has 0 radical (unpaired) electrons. The zero-order valence-corrected chi connectivity index (χ0v) is 10.0. The third kappa shape index (κ3) is 3.07. The van der Waals surface area contributed by atoms with Gasteiger partial charge in [0, 0.05) is 6.54 Å². The van der Waals surface area contributed by atoms with Crippen LogP contribution < -0.4 is 10.6 Å². The SMILES string of the molecule is Nc1cc(C(F)(F)F)cc(N2CCOCC2CO)n1. The molecule has 5 nitrogen and oxygen atoms in total. The zero-order chi connectivity index (χ0) is 14.0. The minimum absolute atomic E-state index is 0.106. The second-order valence-corrected chi connectivity index (χ2v) is 4.24. The van der Waals surface area contributed by atoms with Crippen molar-refractivity contribution in [3.8, 4) is 0 Å². The molecular formula is C11H14F3N3O2. The van der Waals surface area contributed by atoms with E-state index in [-0.39, 0.29) is 24.8 Å². The molecule has 0 aromatic carbocycles. The summed E-state index contributed by atoms with van der Waals surface area (Å²) < 4.78 is 43.3. The molecule has 0 bridgehead atoms. The number of anilines is 2. The van der Waals surface area contributed by atoms with E-state index in [1.807, 2.05) is 0 Å². The Morgan fingerprint density at radius 1 is 1.47 bits per heavy atom. The van der Waals surface area contributed by atoms with E-state index in [0.29, 0.717) is 13.2 Å². The Morgan fingerprint density at radius 3 is 2.84 bits per heavy atom. The lowest BCUT2D eigenvalue weighted by atomic mass is 10.2. The van der Waals surface area contributed by atoms with Crippen LogP contribution in [0.5, 0.6) is 0 Å². The van der Waals surface area contributed by atoms with Gasteiger partial charge in [-0.15, -0.1) is 0 Å². The number of aliphatic hydroxyl groups excluding tert-OH is 1. The smallest absolute Gasteiger partial charge is 0.394 e. The molecule has 1 aliphatic heterocycles. The quantitative estimate of drug-likeness (QED) is 0.839. The lowest BCUT2D eigenvalue weighted by Gasteiger charge is -2.35. The number of nitrogens with two attached hydrogens (primary N) is 1. The summed E-state index contributed by atoms with van der Waals surface area (Å²) in [5, 5.41) is 9.22. The van der Waals surface area contributed by atoms with Crippen molar-refractivity contribution in [2.75, 3.05) is 37.0 Å². The number of hydrogen-bond acceptors (Lipinski definition) is 5. The highest BCUT2D eigenvalue weighted by Crippen LogP contribution is 2.32. The first-order chi connectivity index (χ1) is 8.91. The van der Waals surface area contributed by atoms with E-state index in [1.165, 1.54) is 0 Å². The molecule has 0 amide bonds. The maximum atomic E-state index is 12.7. The van der Waals surface area contributed by atoms with Gasteiger partial charge < -0.3 is 20.5 Å². The second kappa shape index (κ2) is 5.22. The van der Waals surface area contributed by atoms with E-state index >= 15 is 0 Å². The maximum absolute atomic E-state index is 12.7. The molecule has 1 fully saturated rings. The fourth-order valence-corrected chi connectivity index (χ4v) is 1.96. The molecule has 106 valence electrons. The lowest BCUT2D eigenvalue weighted by molar-refractivity contribution is -0.137. The minimum Gasteiger partial charge on any atom is -0.394 e. The van der Waals surface area contributed by atoms with Gasteiger partial charge in [0.15, 0.2) is 0 Å². The summed E-state index contributed by atoms with van der Waals surface area (Å²) in [5.41, 5.74) is 4.57. The summed E-state index contributed by atoms with van der Waals surface area (Å²) in [6.07, 6.45) is -4.48. The van der Waals surface area contributed by atoms with Gasteiger partial charge in [0.1, 0.15) is 11.6 Å². The van der Waals surface area contributed by atoms with Crippen LogP contribution in [-0.4, -0.2) is 42.5 Å². The molecule has 1 unspecified atom stereocenters. The van der Waals surface area contributed by atoms with E-state index in [1.54, 1.807) is 4.90 Å². The van der Waals surface area contributed by atoms with Crippen LogP contribution in [0.3, 0.4) is 0 Å². The molecule has 3 N–H and O–H groups in total. The van der Waals surface area contributed by atoms with Gasteiger partial charge in [-0.3, -0.25) is 0 Å². The van der Waals surface area contributed by atoms with Gasteiger partial charge in [-0.1, -0.05) is 0 Å². The van der Waals surface area contributed by atoms with Crippen LogP contribution in [0.4, 0.5) is 24.8 Å². The number of ether oxygens (including phenoxy) is 1. The normalized spacial score (nSPS) is 20.6. The van der Waals surface area contributed by atoms with Gasteiger partial charge in [-0.05, 0) is 12.1 Å². The fourth-order valence-electron chi connectivity index (χ4n) is 1.96. The number of morpholine rings is 1. The Labute approximate surface area is 107 Å². The highest BCUT2D eigenvalue weighted by Gasteiger charge is 2.33. The first-order valence-electron chi connectivity index (χ1n) is 5.72. The van der Waals surface area contributed by atoms with Crippen molar-refractivity contribution in [3.05, 3.63) is 17.7 Å². The maximum Gasteiger partial charge on any atom is 0.416 e. The minimum atomic E-state index is -4.48. The highest BCUT2D eigenvalue weighted by molar-refractivity contribution is 5.50. The standard InChI is InChI=1S/C11H14F3N3O2/c12-11(13,14)7-3-9(15)16-10(4-7)17-1-2-19-6-8(17)5-18/h3-4,8,18H,1-2,5-6H2,(H2,15,16). The molecule has 1 aliphatic rings. The fraction of sp³-hybridized carbons (Fsp3) is 0.545. The van der Waals surface area contributed by atoms with Gasteiger partial charge >= 0.3 is 6.18 Å². The number of hydrogen-bond donors (Lipinski definition) is 2. The Bertz CT molecular complexity index is 453. The van der Waals surface area contributed by atoms with E-state index < -0.39 is 17.8 Å². The topological polar surface area (TPSA) is 71.6 Å². The van der Waals surface area contributed by atoms with E-state index in [2.05, 4.69) is 4.98 Å². The van der Waals surface area contributed by atoms with Gasteiger partial charge in [-0.2, -0.15) is 13.2 Å². The largest absolute Gasteiger partial charge is 0.416 e. The number of rotatable bonds is 2. The Morgan fingerprint density at radius 2 is 2.21 bits per heavy atom.